The van der Waals surface area contributed by atoms with Crippen LogP contribution in [0.1, 0.15) is 49.2 Å². The van der Waals surface area contributed by atoms with Gasteiger partial charge in [0.05, 0.1) is 41.8 Å². The monoisotopic (exact) mass is 588 g/mol. The Balaban J connectivity index is 1.27. The van der Waals surface area contributed by atoms with Crippen molar-refractivity contribution in [2.45, 2.75) is 45.8 Å². The maximum Gasteiger partial charge on any atom is 0.234 e. The van der Waals surface area contributed by atoms with Crippen LogP contribution >= 0.6 is 22.9 Å². The Labute approximate surface area is 249 Å². The molecule has 4 atom stereocenters. The van der Waals surface area contributed by atoms with Crippen LogP contribution in [0.4, 0.5) is 0 Å². The van der Waals surface area contributed by atoms with Crippen LogP contribution in [0.25, 0.3) is 11.6 Å². The molecule has 0 saturated carbocycles. The van der Waals surface area contributed by atoms with Gasteiger partial charge in [-0.05, 0) is 89.7 Å². The molecule has 2 aromatic heterocycles. The number of thiophene rings is 1. The number of amides is 2. The molecule has 6 nitrogen and oxygen atoms in total. The van der Waals surface area contributed by atoms with E-state index in [-0.39, 0.29) is 47.3 Å². The molecular weight excluding hydrogens is 556 g/mol. The number of imide groups is 1. The van der Waals surface area contributed by atoms with Gasteiger partial charge in [0.1, 0.15) is 5.75 Å². The number of allylic oxidation sites excluding steroid dienone is 2. The van der Waals surface area contributed by atoms with Crippen molar-refractivity contribution in [3.8, 4) is 5.75 Å². The average molecular weight is 589 g/mol. The Bertz CT molecular complexity index is 1520. The van der Waals surface area contributed by atoms with Crippen molar-refractivity contribution in [2.24, 2.45) is 23.7 Å². The number of hydrogen-bond donors (Lipinski definition) is 1. The van der Waals surface area contributed by atoms with Gasteiger partial charge in [0.25, 0.3) is 0 Å². The van der Waals surface area contributed by atoms with E-state index in [0.29, 0.717) is 31.0 Å². The molecule has 0 bridgehead atoms. The fourth-order valence-corrected chi connectivity index (χ4v) is 7.59. The highest BCUT2D eigenvalue weighted by Gasteiger charge is 2.57. The lowest BCUT2D eigenvalue weighted by Crippen LogP contribution is -2.35. The molecule has 2 amide bonds. The smallest absolute Gasteiger partial charge is 0.234 e. The molecule has 0 unspecified atom stereocenters. The average Bonchev–Trinajstić information content (AvgIpc) is 3.68. The van der Waals surface area contributed by atoms with Crippen molar-refractivity contribution >= 4 is 46.4 Å². The highest BCUT2D eigenvalue weighted by molar-refractivity contribution is 7.09. The Morgan fingerprint density at radius 2 is 2.02 bits per heavy atom. The zero-order valence-electron chi connectivity index (χ0n) is 23.1. The number of carbonyl (C=O) groups is 2. The SMILES string of the molecule is CC(C)C1=C2[C@@H](CC/C(=C/c3ccc(O)cc3Cl)c3ccccn3)OC[C@@H]2[C@@H]2C(=O)N(Cc3cccs3)C(=O)[C@@H]2C1. The summed E-state index contributed by atoms with van der Waals surface area (Å²) in [6.45, 7) is 5.15. The topological polar surface area (TPSA) is 79.7 Å². The van der Waals surface area contributed by atoms with E-state index in [1.165, 1.54) is 22.1 Å². The first kappa shape index (κ1) is 27.9. The Kier molecular flexibility index (Phi) is 7.86. The van der Waals surface area contributed by atoms with Gasteiger partial charge in [0.2, 0.25) is 11.8 Å². The van der Waals surface area contributed by atoms with E-state index >= 15 is 0 Å². The van der Waals surface area contributed by atoms with E-state index in [1.807, 2.05) is 41.8 Å². The van der Waals surface area contributed by atoms with Crippen LogP contribution in [-0.4, -0.2) is 39.5 Å². The van der Waals surface area contributed by atoms with E-state index in [4.69, 9.17) is 16.3 Å². The van der Waals surface area contributed by atoms with Crippen LogP contribution in [0.5, 0.6) is 5.75 Å². The molecule has 6 rings (SSSR count). The fourth-order valence-electron chi connectivity index (χ4n) is 6.67. The minimum Gasteiger partial charge on any atom is -0.508 e. The molecule has 0 spiro atoms. The number of aromatic nitrogens is 1. The van der Waals surface area contributed by atoms with Gasteiger partial charge in [-0.1, -0.05) is 43.2 Å². The number of likely N-dealkylation sites (tertiary alicyclic amines) is 1. The number of benzene rings is 1. The molecule has 1 N–H and O–H groups in total. The second kappa shape index (κ2) is 11.6. The number of fused-ring (bicyclic) bond motifs is 3. The molecule has 1 aliphatic carbocycles. The lowest BCUT2D eigenvalue weighted by Gasteiger charge is -2.33. The number of phenolic OH excluding ortho intramolecular Hbond substituents is 1. The molecule has 0 radical (unpaired) electrons. The molecule has 2 aliphatic heterocycles. The number of carbonyl (C=O) groups excluding carboxylic acids is 2. The lowest BCUT2D eigenvalue weighted by molar-refractivity contribution is -0.140. The van der Waals surface area contributed by atoms with Gasteiger partial charge in [-0.15, -0.1) is 11.3 Å². The minimum absolute atomic E-state index is 0.0415. The van der Waals surface area contributed by atoms with Gasteiger partial charge >= 0.3 is 0 Å². The lowest BCUT2D eigenvalue weighted by atomic mass is 9.67. The second-order valence-corrected chi connectivity index (χ2v) is 12.8. The molecule has 3 aromatic rings. The van der Waals surface area contributed by atoms with Crippen LogP contribution in [0.2, 0.25) is 5.02 Å². The highest BCUT2D eigenvalue weighted by atomic mass is 35.5. The predicted octanol–water partition coefficient (Wildman–Crippen LogP) is 7.00. The van der Waals surface area contributed by atoms with Crippen molar-refractivity contribution in [3.05, 3.63) is 92.4 Å². The minimum atomic E-state index is -0.355. The summed E-state index contributed by atoms with van der Waals surface area (Å²) in [4.78, 5) is 34.3. The largest absolute Gasteiger partial charge is 0.508 e. The molecule has 8 heteroatoms. The second-order valence-electron chi connectivity index (χ2n) is 11.4. The van der Waals surface area contributed by atoms with E-state index in [0.717, 1.165) is 28.1 Å². The van der Waals surface area contributed by atoms with Crippen LogP contribution in [0.15, 0.2) is 71.3 Å². The number of hydrogen-bond acceptors (Lipinski definition) is 6. The maximum absolute atomic E-state index is 13.7. The summed E-state index contributed by atoms with van der Waals surface area (Å²) >= 11 is 8.02. The van der Waals surface area contributed by atoms with Crippen LogP contribution in [0, 0.1) is 23.7 Å². The van der Waals surface area contributed by atoms with Crippen molar-refractivity contribution in [2.75, 3.05) is 6.61 Å². The zero-order valence-corrected chi connectivity index (χ0v) is 24.7. The third kappa shape index (κ3) is 5.39. The first-order valence-electron chi connectivity index (χ1n) is 14.1. The first-order chi connectivity index (χ1) is 19.8. The number of ether oxygens (including phenoxy) is 1. The molecule has 2 saturated heterocycles. The molecule has 2 fully saturated rings. The summed E-state index contributed by atoms with van der Waals surface area (Å²) in [5.41, 5.74) is 5.17. The predicted molar refractivity (Wildman–Crippen MR) is 161 cm³/mol. The van der Waals surface area contributed by atoms with Crippen molar-refractivity contribution < 1.29 is 19.4 Å². The summed E-state index contributed by atoms with van der Waals surface area (Å²) in [5.74, 6) is -0.458. The van der Waals surface area contributed by atoms with E-state index < -0.39 is 0 Å². The van der Waals surface area contributed by atoms with Crippen molar-refractivity contribution in [1.29, 1.82) is 0 Å². The van der Waals surface area contributed by atoms with Gasteiger partial charge in [0.15, 0.2) is 0 Å². The zero-order chi connectivity index (χ0) is 28.7. The summed E-state index contributed by atoms with van der Waals surface area (Å²) in [5, 5.41) is 12.3. The van der Waals surface area contributed by atoms with Gasteiger partial charge in [-0.2, -0.15) is 0 Å². The molecule has 41 heavy (non-hydrogen) atoms. The number of phenols is 1. The molecule has 3 aliphatic rings. The van der Waals surface area contributed by atoms with E-state index in [9.17, 15) is 14.7 Å². The number of pyridine rings is 1. The standard InChI is InChI=1S/C33H33ClN2O4S/c1-19(2)24-16-25-31(33(39)36(32(25)38)17-23-6-5-13-41-23)26-18-40-29(30(24)26)11-9-21(28-7-3-4-12-35-28)14-20-8-10-22(37)15-27(20)34/h3-8,10,12-15,19,25-26,29,31,37H,9,11,16-18H2,1-2H3/b21-14-/t25-,26+,29-,31-/m1/s1. The number of rotatable bonds is 8. The van der Waals surface area contributed by atoms with Crippen molar-refractivity contribution in [3.63, 3.8) is 0 Å². The molecule has 1 aromatic carbocycles. The molecule has 4 heterocycles. The number of halogens is 1. The van der Waals surface area contributed by atoms with E-state index in [1.54, 1.807) is 29.7 Å². The third-order valence-corrected chi connectivity index (χ3v) is 9.80. The Morgan fingerprint density at radius 3 is 2.73 bits per heavy atom. The van der Waals surface area contributed by atoms with Gasteiger partial charge in [0, 0.05) is 17.0 Å². The van der Waals surface area contributed by atoms with Gasteiger partial charge in [-0.25, -0.2) is 0 Å². The van der Waals surface area contributed by atoms with Crippen LogP contribution in [0.3, 0.4) is 0 Å². The highest BCUT2D eigenvalue weighted by Crippen LogP contribution is 2.51. The summed E-state index contributed by atoms with van der Waals surface area (Å²) in [6.07, 6.45) is 5.69. The van der Waals surface area contributed by atoms with E-state index in [2.05, 4.69) is 18.8 Å². The first-order valence-corrected chi connectivity index (χ1v) is 15.4. The Morgan fingerprint density at radius 1 is 1.17 bits per heavy atom. The maximum atomic E-state index is 13.7. The third-order valence-electron chi connectivity index (χ3n) is 8.61. The van der Waals surface area contributed by atoms with Crippen molar-refractivity contribution in [1.82, 2.24) is 9.88 Å². The van der Waals surface area contributed by atoms with Gasteiger partial charge in [-0.3, -0.25) is 19.5 Å². The fraction of sp³-hybridized carbons (Fsp3) is 0.364. The normalized spacial score (nSPS) is 24.4. The summed E-state index contributed by atoms with van der Waals surface area (Å²) < 4.78 is 6.44. The number of nitrogens with zero attached hydrogens (tertiary/aromatic N) is 2. The Hall–Kier alpha value is -3.26. The van der Waals surface area contributed by atoms with Gasteiger partial charge < -0.3 is 9.84 Å². The summed E-state index contributed by atoms with van der Waals surface area (Å²) in [6, 6.07) is 14.7. The molecular formula is C33H33ClN2O4S. The molecule has 212 valence electrons. The van der Waals surface area contributed by atoms with Crippen LogP contribution in [-0.2, 0) is 20.9 Å². The number of aromatic hydroxyl groups is 1. The summed E-state index contributed by atoms with van der Waals surface area (Å²) in [7, 11) is 0. The quantitative estimate of drug-likeness (QED) is 0.226. The van der Waals surface area contributed by atoms with Crippen LogP contribution < -0.4 is 0 Å².